The molecule has 0 saturated heterocycles. The zero-order chi connectivity index (χ0) is 17.4. The summed E-state index contributed by atoms with van der Waals surface area (Å²) >= 11 is 4.70. The molecule has 1 aromatic carbocycles. The number of rotatable bonds is 9. The maximum Gasteiger partial charge on any atom is 0.230 e. The molecule has 0 aliphatic rings. The molecule has 130 valence electrons. The number of hydrogen-bond acceptors (Lipinski definition) is 7. The smallest absolute Gasteiger partial charge is 0.230 e. The minimum absolute atomic E-state index is 0.00893. The number of carbonyl (C=O) groups excluding carboxylic acids is 1. The lowest BCUT2D eigenvalue weighted by Gasteiger charge is -2.12. The number of hydrogen-bond donors (Lipinski definition) is 1. The first-order valence-corrected chi connectivity index (χ1v) is 10.5. The van der Waals surface area contributed by atoms with Gasteiger partial charge >= 0.3 is 0 Å². The van der Waals surface area contributed by atoms with E-state index >= 15 is 0 Å². The number of nitrogens with one attached hydrogen (secondary N) is 1. The fourth-order valence-electron chi connectivity index (χ4n) is 1.79. The molecule has 1 N–H and O–H groups in total. The Balaban J connectivity index is 1.72. The van der Waals surface area contributed by atoms with E-state index in [1.807, 2.05) is 43.3 Å². The first-order valence-electron chi connectivity index (χ1n) is 7.70. The van der Waals surface area contributed by atoms with Crippen molar-refractivity contribution in [3.8, 4) is 0 Å². The molecule has 24 heavy (non-hydrogen) atoms. The second kappa shape index (κ2) is 9.90. The minimum Gasteiger partial charge on any atom is -0.378 e. The largest absolute Gasteiger partial charge is 0.378 e. The van der Waals surface area contributed by atoms with E-state index < -0.39 is 0 Å². The molecule has 8 heteroatoms. The van der Waals surface area contributed by atoms with Crippen molar-refractivity contribution in [3.05, 3.63) is 29.8 Å². The van der Waals surface area contributed by atoms with Gasteiger partial charge in [-0.1, -0.05) is 53.9 Å². The van der Waals surface area contributed by atoms with Gasteiger partial charge in [-0.15, -0.1) is 10.2 Å². The summed E-state index contributed by atoms with van der Waals surface area (Å²) in [6.45, 7) is 2.68. The van der Waals surface area contributed by atoms with Gasteiger partial charge in [0.05, 0.1) is 5.75 Å². The third kappa shape index (κ3) is 6.33. The monoisotopic (exact) mass is 382 g/mol. The van der Waals surface area contributed by atoms with Gasteiger partial charge in [-0.2, -0.15) is 0 Å². The Labute approximate surface area is 155 Å². The molecule has 0 radical (unpaired) electrons. The highest BCUT2D eigenvalue weighted by Gasteiger charge is 2.08. The zero-order valence-electron chi connectivity index (χ0n) is 14.1. The van der Waals surface area contributed by atoms with Gasteiger partial charge < -0.3 is 10.2 Å². The lowest BCUT2D eigenvalue weighted by Crippen LogP contribution is -2.24. The van der Waals surface area contributed by atoms with Gasteiger partial charge in [0.1, 0.15) is 0 Å². The van der Waals surface area contributed by atoms with Crippen LogP contribution in [0.5, 0.6) is 0 Å². The van der Waals surface area contributed by atoms with Crippen molar-refractivity contribution in [1.82, 2.24) is 15.5 Å². The highest BCUT2D eigenvalue weighted by Crippen LogP contribution is 2.28. The number of benzene rings is 1. The maximum absolute atomic E-state index is 12.0. The standard InChI is InChI=1S/C16H22N4OS3/c1-4-9-22-15-18-19-16(24-15)23-11-14(21)17-10-12-5-7-13(8-6-12)20(2)3/h5-8H,4,9-11H2,1-3H3,(H,17,21). The number of carbonyl (C=O) groups is 1. The Morgan fingerprint density at radius 2 is 1.83 bits per heavy atom. The van der Waals surface area contributed by atoms with Gasteiger partial charge in [-0.05, 0) is 24.1 Å². The van der Waals surface area contributed by atoms with Gasteiger partial charge in [0.25, 0.3) is 0 Å². The molecule has 0 fully saturated rings. The van der Waals surface area contributed by atoms with Crippen molar-refractivity contribution >= 4 is 46.5 Å². The van der Waals surface area contributed by atoms with E-state index in [4.69, 9.17) is 0 Å². The third-order valence-electron chi connectivity index (χ3n) is 3.09. The SMILES string of the molecule is CCCSc1nnc(SCC(=O)NCc2ccc(N(C)C)cc2)s1. The van der Waals surface area contributed by atoms with Crippen LogP contribution in [0.15, 0.2) is 32.9 Å². The molecule has 5 nitrogen and oxygen atoms in total. The van der Waals surface area contributed by atoms with Gasteiger partial charge in [0, 0.05) is 32.1 Å². The van der Waals surface area contributed by atoms with Gasteiger partial charge in [0.2, 0.25) is 5.91 Å². The van der Waals surface area contributed by atoms with Crippen molar-refractivity contribution in [2.45, 2.75) is 28.6 Å². The summed E-state index contributed by atoms with van der Waals surface area (Å²) in [5, 5.41) is 11.2. The predicted molar refractivity (Wildman–Crippen MR) is 104 cm³/mol. The summed E-state index contributed by atoms with van der Waals surface area (Å²) in [7, 11) is 4.02. The lowest BCUT2D eigenvalue weighted by atomic mass is 10.2. The van der Waals surface area contributed by atoms with E-state index in [0.29, 0.717) is 12.3 Å². The van der Waals surface area contributed by atoms with Gasteiger partial charge in [-0.3, -0.25) is 4.79 Å². The number of nitrogens with zero attached hydrogens (tertiary/aromatic N) is 3. The van der Waals surface area contributed by atoms with Crippen LogP contribution < -0.4 is 10.2 Å². The Morgan fingerprint density at radius 1 is 1.17 bits per heavy atom. The minimum atomic E-state index is 0.00893. The fourth-order valence-corrected chi connectivity index (χ4v) is 4.57. The van der Waals surface area contributed by atoms with Crippen LogP contribution in [0.3, 0.4) is 0 Å². The highest BCUT2D eigenvalue weighted by atomic mass is 32.2. The van der Waals surface area contributed by atoms with Crippen LogP contribution in [0.4, 0.5) is 5.69 Å². The number of thioether (sulfide) groups is 2. The molecule has 1 aromatic heterocycles. The summed E-state index contributed by atoms with van der Waals surface area (Å²) in [5.41, 5.74) is 2.24. The zero-order valence-corrected chi connectivity index (χ0v) is 16.6. The molecule has 1 amide bonds. The second-order valence-electron chi connectivity index (χ2n) is 5.31. The summed E-state index contributed by atoms with van der Waals surface area (Å²) in [6.07, 6.45) is 1.12. The Hall–Kier alpha value is -1.25. The summed E-state index contributed by atoms with van der Waals surface area (Å²) in [4.78, 5) is 14.0. The molecule has 0 saturated carbocycles. The number of aromatic nitrogens is 2. The van der Waals surface area contributed by atoms with E-state index in [2.05, 4.69) is 22.4 Å². The quantitative estimate of drug-likeness (QED) is 0.670. The molecule has 0 aliphatic heterocycles. The van der Waals surface area contributed by atoms with Crippen LogP contribution in [0.1, 0.15) is 18.9 Å². The number of anilines is 1. The van der Waals surface area contributed by atoms with Gasteiger partial charge in [0.15, 0.2) is 8.68 Å². The normalized spacial score (nSPS) is 10.6. The van der Waals surface area contributed by atoms with Crippen LogP contribution in [0, 0.1) is 0 Å². The molecule has 0 atom stereocenters. The Kier molecular flexibility index (Phi) is 7.87. The van der Waals surface area contributed by atoms with Crippen LogP contribution in [-0.2, 0) is 11.3 Å². The van der Waals surface area contributed by atoms with E-state index in [1.165, 1.54) is 11.8 Å². The van der Waals surface area contributed by atoms with Crippen molar-refractivity contribution in [2.24, 2.45) is 0 Å². The molecule has 0 unspecified atom stereocenters. The Bertz CT molecular complexity index is 643. The van der Waals surface area contributed by atoms with Crippen LogP contribution in [0.25, 0.3) is 0 Å². The van der Waals surface area contributed by atoms with Gasteiger partial charge in [-0.25, -0.2) is 0 Å². The molecule has 0 aliphatic carbocycles. The van der Waals surface area contributed by atoms with Crippen LogP contribution in [0.2, 0.25) is 0 Å². The van der Waals surface area contributed by atoms with E-state index in [1.54, 1.807) is 23.1 Å². The van der Waals surface area contributed by atoms with E-state index in [0.717, 1.165) is 32.1 Å². The highest BCUT2D eigenvalue weighted by molar-refractivity contribution is 8.03. The third-order valence-corrected chi connectivity index (χ3v) is 6.48. The molecular formula is C16H22N4OS3. The molecule has 1 heterocycles. The van der Waals surface area contributed by atoms with E-state index in [-0.39, 0.29) is 5.91 Å². The summed E-state index contributed by atoms with van der Waals surface area (Å²) in [5.74, 6) is 1.42. The first-order chi connectivity index (χ1) is 11.6. The van der Waals surface area contributed by atoms with Crippen molar-refractivity contribution in [2.75, 3.05) is 30.5 Å². The molecular weight excluding hydrogens is 360 g/mol. The lowest BCUT2D eigenvalue weighted by molar-refractivity contribution is -0.118. The summed E-state index contributed by atoms with van der Waals surface area (Å²) in [6, 6.07) is 8.16. The van der Waals surface area contributed by atoms with Crippen molar-refractivity contribution in [1.29, 1.82) is 0 Å². The van der Waals surface area contributed by atoms with E-state index in [9.17, 15) is 4.79 Å². The topological polar surface area (TPSA) is 58.1 Å². The van der Waals surface area contributed by atoms with Crippen molar-refractivity contribution < 1.29 is 4.79 Å². The average molecular weight is 383 g/mol. The molecule has 0 spiro atoms. The van der Waals surface area contributed by atoms with Crippen LogP contribution in [-0.4, -0.2) is 41.7 Å². The Morgan fingerprint density at radius 3 is 2.46 bits per heavy atom. The second-order valence-corrected chi connectivity index (χ2v) is 8.85. The maximum atomic E-state index is 12.0. The van der Waals surface area contributed by atoms with Crippen LogP contribution >= 0.6 is 34.9 Å². The molecule has 0 bridgehead atoms. The first kappa shape index (κ1) is 19.1. The number of amides is 1. The molecule has 2 rings (SSSR count). The predicted octanol–water partition coefficient (Wildman–Crippen LogP) is 3.51. The summed E-state index contributed by atoms with van der Waals surface area (Å²) < 4.78 is 1.82. The fraction of sp³-hybridized carbons (Fsp3) is 0.438. The van der Waals surface area contributed by atoms with Crippen molar-refractivity contribution in [3.63, 3.8) is 0 Å². The average Bonchev–Trinajstić information content (AvgIpc) is 3.04. The molecule has 2 aromatic rings.